The maximum Gasteiger partial charge on any atom is 0.187 e. The molecule has 374 valence electrons. The Hall–Kier alpha value is -1.16. The Morgan fingerprint density at radius 1 is 0.344 bits per heavy atom. The SMILES string of the molecule is C[C@@H]1O[C@@H](O[C@H]2[C@H](O)[C@@H](O)[C@H](O[C@H]3[C@H](O[C@@H]4[C@H](O)[C@@H](O)C(O)O[C@@H]4CO)O[C@H](CO)[C@@H](O)[C@@H]3O[C@@H]3O[C@H](CO)[C@@H](O)[C@H](O[C@@H]4OC[C@@H](O)[C@H](O)[C@H]4O)[C@H]3O)O[C@@H]2CO)[C@H](O)[C@H](O)[C@H]1O. The summed E-state index contributed by atoms with van der Waals surface area (Å²) in [4.78, 5) is 0. The lowest BCUT2D eigenvalue weighted by atomic mass is 9.95. The Labute approximate surface area is 362 Å². The first-order valence-corrected chi connectivity index (χ1v) is 20.4. The van der Waals surface area contributed by atoms with E-state index in [2.05, 4.69) is 0 Å². The summed E-state index contributed by atoms with van der Waals surface area (Å²) >= 11 is 0. The average Bonchev–Trinajstić information content (AvgIpc) is 3.28. The lowest BCUT2D eigenvalue weighted by molar-refractivity contribution is -0.412. The molecule has 64 heavy (non-hydrogen) atoms. The van der Waals surface area contributed by atoms with Gasteiger partial charge in [0, 0.05) is 0 Å². The van der Waals surface area contributed by atoms with Gasteiger partial charge in [0.05, 0.1) is 39.1 Å². The van der Waals surface area contributed by atoms with Gasteiger partial charge in [0.25, 0.3) is 0 Å². The van der Waals surface area contributed by atoms with Crippen LogP contribution in [0.4, 0.5) is 0 Å². The third kappa shape index (κ3) is 10.5. The largest absolute Gasteiger partial charge is 0.394 e. The van der Waals surface area contributed by atoms with E-state index in [0.29, 0.717) is 0 Å². The van der Waals surface area contributed by atoms with Crippen molar-refractivity contribution in [1.82, 2.24) is 0 Å². The molecule has 29 heteroatoms. The summed E-state index contributed by atoms with van der Waals surface area (Å²) in [5.74, 6) is 0. The van der Waals surface area contributed by atoms with E-state index in [1.54, 1.807) is 0 Å². The van der Waals surface area contributed by atoms with Crippen LogP contribution in [0.2, 0.25) is 0 Å². The van der Waals surface area contributed by atoms with Crippen molar-refractivity contribution in [2.75, 3.05) is 33.0 Å². The molecular formula is C35H60O29. The van der Waals surface area contributed by atoms with Crippen molar-refractivity contribution in [3.05, 3.63) is 0 Å². The lowest BCUT2D eigenvalue weighted by Crippen LogP contribution is -2.69. The molecule has 0 amide bonds. The van der Waals surface area contributed by atoms with Crippen LogP contribution in [-0.2, 0) is 52.1 Å². The minimum Gasteiger partial charge on any atom is -0.394 e. The Kier molecular flexibility index (Phi) is 18.0. The molecule has 0 aromatic heterocycles. The zero-order valence-corrected chi connectivity index (χ0v) is 33.8. The topological polar surface area (TPSA) is 466 Å². The van der Waals surface area contributed by atoms with Crippen molar-refractivity contribution in [1.29, 1.82) is 0 Å². The summed E-state index contributed by atoms with van der Waals surface area (Å²) in [5, 5.41) is 191. The van der Waals surface area contributed by atoms with Crippen molar-refractivity contribution >= 4 is 0 Å². The third-order valence-electron chi connectivity index (χ3n) is 12.0. The second kappa shape index (κ2) is 22.1. The highest BCUT2D eigenvalue weighted by Gasteiger charge is 2.58. The zero-order valence-electron chi connectivity index (χ0n) is 33.8. The summed E-state index contributed by atoms with van der Waals surface area (Å²) in [6.07, 6.45) is -54.8. The molecule has 1 unspecified atom stereocenters. The summed E-state index contributed by atoms with van der Waals surface area (Å²) in [6, 6.07) is 0. The van der Waals surface area contributed by atoms with E-state index in [1.165, 1.54) is 6.92 Å². The normalized spacial score (nSPS) is 54.1. The summed E-state index contributed by atoms with van der Waals surface area (Å²) in [5.41, 5.74) is 0. The number of aliphatic hydroxyl groups is 18. The molecule has 29 nitrogen and oxygen atoms in total. The quantitative estimate of drug-likeness (QED) is 0.0769. The first-order valence-electron chi connectivity index (χ1n) is 20.4. The molecule has 0 aromatic carbocycles. The van der Waals surface area contributed by atoms with Crippen molar-refractivity contribution in [2.45, 2.75) is 185 Å². The Morgan fingerprint density at radius 3 is 1.38 bits per heavy atom. The van der Waals surface area contributed by atoms with Gasteiger partial charge in [0.2, 0.25) is 0 Å². The van der Waals surface area contributed by atoms with Gasteiger partial charge in [0.15, 0.2) is 37.7 Å². The Balaban J connectivity index is 1.31. The predicted octanol–water partition coefficient (Wildman–Crippen LogP) is -12.4. The van der Waals surface area contributed by atoms with Gasteiger partial charge in [-0.15, -0.1) is 0 Å². The standard InChI is InChI=1S/C35H60O29/c1-7-13(41)17(45)22(50)32(55-7)60-26-12(5-39)59-33(23(51)19(26)47)64-29-28(16(44)10(3-37)58-35(29)61-25-11(4-38)56-30(53)20(48)18(25)46)63-34-24(52)27(15(43)9(2-36)57-34)62-31-21(49)14(42)8(40)6-54-31/h7-53H,2-6H2,1H3/t7-,8+,9+,10+,11+,12+,13-,14-,15+,16+,17+,18+,19+,20+,21+,22+,23+,24+,25-,26+,27-,28-,29+,30?,31-,32-,33-,34-,35-/m0/s1. The molecule has 6 aliphatic heterocycles. The molecule has 6 rings (SSSR count). The molecule has 29 atom stereocenters. The van der Waals surface area contributed by atoms with E-state index in [1.807, 2.05) is 0 Å². The van der Waals surface area contributed by atoms with E-state index >= 15 is 0 Å². The maximum absolute atomic E-state index is 11.6. The van der Waals surface area contributed by atoms with Crippen LogP contribution in [0.3, 0.4) is 0 Å². The molecule has 18 N–H and O–H groups in total. The number of aliphatic hydroxyl groups excluding tert-OH is 18. The fourth-order valence-electron chi connectivity index (χ4n) is 8.14. The molecule has 0 radical (unpaired) electrons. The van der Waals surface area contributed by atoms with Crippen molar-refractivity contribution in [3.63, 3.8) is 0 Å². The van der Waals surface area contributed by atoms with Gasteiger partial charge >= 0.3 is 0 Å². The van der Waals surface area contributed by atoms with Gasteiger partial charge in [-0.05, 0) is 6.92 Å². The number of hydrogen-bond donors (Lipinski definition) is 18. The second-order valence-corrected chi connectivity index (χ2v) is 16.3. The van der Waals surface area contributed by atoms with Crippen LogP contribution in [0, 0.1) is 0 Å². The third-order valence-corrected chi connectivity index (χ3v) is 12.0. The number of hydrogen-bond acceptors (Lipinski definition) is 29. The van der Waals surface area contributed by atoms with Gasteiger partial charge in [-0.25, -0.2) is 0 Å². The minimum absolute atomic E-state index is 0.566. The molecule has 0 saturated carbocycles. The van der Waals surface area contributed by atoms with E-state index in [0.717, 1.165) is 0 Å². The highest BCUT2D eigenvalue weighted by Crippen LogP contribution is 2.38. The molecular weight excluding hydrogens is 884 g/mol. The summed E-state index contributed by atoms with van der Waals surface area (Å²) < 4.78 is 62.1. The summed E-state index contributed by atoms with van der Waals surface area (Å²) in [7, 11) is 0. The fraction of sp³-hybridized carbons (Fsp3) is 1.00. The van der Waals surface area contributed by atoms with Gasteiger partial charge in [-0.3, -0.25) is 0 Å². The van der Waals surface area contributed by atoms with Gasteiger partial charge < -0.3 is 144 Å². The highest BCUT2D eigenvalue weighted by atomic mass is 16.8. The smallest absolute Gasteiger partial charge is 0.187 e. The van der Waals surface area contributed by atoms with E-state index in [-0.39, 0.29) is 0 Å². The Morgan fingerprint density at radius 2 is 0.766 bits per heavy atom. The summed E-state index contributed by atoms with van der Waals surface area (Å²) in [6.45, 7) is -3.25. The van der Waals surface area contributed by atoms with Gasteiger partial charge in [-0.1, -0.05) is 0 Å². The Bertz CT molecular complexity index is 1440. The molecule has 0 bridgehead atoms. The van der Waals surface area contributed by atoms with Crippen molar-refractivity contribution in [2.24, 2.45) is 0 Å². The molecule has 6 aliphatic rings. The van der Waals surface area contributed by atoms with Crippen LogP contribution in [0.25, 0.3) is 0 Å². The first-order chi connectivity index (χ1) is 30.3. The molecule has 6 fully saturated rings. The molecule has 0 spiro atoms. The predicted molar refractivity (Wildman–Crippen MR) is 192 cm³/mol. The van der Waals surface area contributed by atoms with E-state index in [4.69, 9.17) is 52.1 Å². The fourth-order valence-corrected chi connectivity index (χ4v) is 8.14. The number of ether oxygens (including phenoxy) is 11. The van der Waals surface area contributed by atoms with Crippen LogP contribution in [0.5, 0.6) is 0 Å². The second-order valence-electron chi connectivity index (χ2n) is 16.3. The van der Waals surface area contributed by atoms with Crippen molar-refractivity contribution < 1.29 is 144 Å². The molecule has 0 aromatic rings. The maximum atomic E-state index is 11.6. The molecule has 0 aliphatic carbocycles. The van der Waals surface area contributed by atoms with Crippen LogP contribution < -0.4 is 0 Å². The van der Waals surface area contributed by atoms with Crippen LogP contribution in [-0.4, -0.2) is 303 Å². The molecule has 6 saturated heterocycles. The average molecular weight is 945 g/mol. The van der Waals surface area contributed by atoms with E-state index < -0.39 is 211 Å². The first kappa shape index (κ1) is 52.2. The van der Waals surface area contributed by atoms with Crippen molar-refractivity contribution in [3.8, 4) is 0 Å². The van der Waals surface area contributed by atoms with Gasteiger partial charge in [-0.2, -0.15) is 0 Å². The zero-order chi connectivity index (χ0) is 47.1. The van der Waals surface area contributed by atoms with Crippen LogP contribution in [0.15, 0.2) is 0 Å². The minimum atomic E-state index is -2.24. The van der Waals surface area contributed by atoms with Crippen LogP contribution in [0.1, 0.15) is 6.92 Å². The van der Waals surface area contributed by atoms with E-state index in [9.17, 15) is 91.9 Å². The highest BCUT2D eigenvalue weighted by molar-refractivity contribution is 5.00. The van der Waals surface area contributed by atoms with Crippen LogP contribution >= 0.6 is 0 Å². The monoisotopic (exact) mass is 944 g/mol. The number of rotatable bonds is 14. The van der Waals surface area contributed by atoms with Gasteiger partial charge in [0.1, 0.15) is 134 Å². The lowest BCUT2D eigenvalue weighted by Gasteiger charge is -2.51. The molecule has 6 heterocycles.